The summed E-state index contributed by atoms with van der Waals surface area (Å²) in [6.07, 6.45) is 7.66. The number of nitrogens with zero attached hydrogens (tertiary/aromatic N) is 3. The Morgan fingerprint density at radius 3 is 3.00 bits per heavy atom. The number of aryl methyl sites for hydroxylation is 1. The molecule has 1 aliphatic rings. The van der Waals surface area contributed by atoms with Crippen LogP contribution in [-0.2, 0) is 18.4 Å². The van der Waals surface area contributed by atoms with Gasteiger partial charge in [-0.25, -0.2) is 9.97 Å². The molecule has 0 amide bonds. The van der Waals surface area contributed by atoms with E-state index in [4.69, 9.17) is 9.84 Å². The first kappa shape index (κ1) is 15.0. The number of pyridine rings is 1. The van der Waals surface area contributed by atoms with Crippen molar-refractivity contribution in [3.63, 3.8) is 0 Å². The van der Waals surface area contributed by atoms with Gasteiger partial charge in [0.05, 0.1) is 6.61 Å². The van der Waals surface area contributed by atoms with E-state index in [1.807, 2.05) is 36.1 Å². The minimum absolute atomic E-state index is 0.0188. The molecule has 3 rings (SSSR count). The van der Waals surface area contributed by atoms with Crippen LogP contribution in [0.2, 0.25) is 0 Å². The highest BCUT2D eigenvalue weighted by atomic mass is 16.5. The Balaban J connectivity index is 1.65. The molecule has 0 unspecified atom stereocenters. The molecule has 6 heteroatoms. The quantitative estimate of drug-likeness (QED) is 0.882. The van der Waals surface area contributed by atoms with E-state index in [1.54, 1.807) is 6.20 Å². The third kappa shape index (κ3) is 3.28. The SMILES string of the molecule is Cn1ccnc1[C@@H]1OCCC[C@H]1CNc1ccc(CO)cn1. The molecule has 2 aromatic heterocycles. The molecule has 0 aromatic carbocycles. The van der Waals surface area contributed by atoms with Gasteiger partial charge in [0.2, 0.25) is 0 Å². The summed E-state index contributed by atoms with van der Waals surface area (Å²) in [5, 5.41) is 12.4. The summed E-state index contributed by atoms with van der Waals surface area (Å²) in [7, 11) is 2.00. The van der Waals surface area contributed by atoms with Crippen molar-refractivity contribution in [3.8, 4) is 0 Å². The molecule has 0 spiro atoms. The van der Waals surface area contributed by atoms with Crippen LogP contribution >= 0.6 is 0 Å². The van der Waals surface area contributed by atoms with Crippen LogP contribution in [0.1, 0.15) is 30.3 Å². The lowest BCUT2D eigenvalue weighted by Crippen LogP contribution is -2.30. The van der Waals surface area contributed by atoms with Gasteiger partial charge < -0.3 is 19.7 Å². The maximum absolute atomic E-state index is 9.04. The summed E-state index contributed by atoms with van der Waals surface area (Å²) < 4.78 is 7.99. The summed E-state index contributed by atoms with van der Waals surface area (Å²) in [4.78, 5) is 8.74. The van der Waals surface area contributed by atoms with Crippen LogP contribution in [0.15, 0.2) is 30.7 Å². The molecule has 0 radical (unpaired) electrons. The second-order valence-electron chi connectivity index (χ2n) is 5.68. The van der Waals surface area contributed by atoms with Gasteiger partial charge in [0.15, 0.2) is 0 Å². The van der Waals surface area contributed by atoms with Crippen LogP contribution in [0, 0.1) is 5.92 Å². The third-order valence-corrected chi connectivity index (χ3v) is 4.11. The molecule has 3 heterocycles. The zero-order valence-corrected chi connectivity index (χ0v) is 12.8. The lowest BCUT2D eigenvalue weighted by Gasteiger charge is -2.31. The van der Waals surface area contributed by atoms with Crippen molar-refractivity contribution in [3.05, 3.63) is 42.1 Å². The third-order valence-electron chi connectivity index (χ3n) is 4.11. The zero-order valence-electron chi connectivity index (χ0n) is 12.8. The first-order chi connectivity index (χ1) is 10.8. The number of aliphatic hydroxyl groups excluding tert-OH is 1. The van der Waals surface area contributed by atoms with Gasteiger partial charge in [-0.05, 0) is 24.5 Å². The number of aromatic nitrogens is 3. The van der Waals surface area contributed by atoms with Crippen molar-refractivity contribution in [2.75, 3.05) is 18.5 Å². The monoisotopic (exact) mass is 302 g/mol. The number of imidazole rings is 1. The Labute approximate surface area is 130 Å². The van der Waals surface area contributed by atoms with E-state index in [2.05, 4.69) is 15.3 Å². The van der Waals surface area contributed by atoms with Crippen LogP contribution < -0.4 is 5.32 Å². The van der Waals surface area contributed by atoms with Gasteiger partial charge in [0.1, 0.15) is 17.7 Å². The standard InChI is InChI=1S/C16H22N4O2/c1-20-7-6-17-16(20)15-13(3-2-8-22-15)10-19-14-5-4-12(11-21)9-18-14/h4-7,9,13,15,21H,2-3,8,10-11H2,1H3,(H,18,19)/t13-,15+/m0/s1. The summed E-state index contributed by atoms with van der Waals surface area (Å²) >= 11 is 0. The van der Waals surface area contributed by atoms with E-state index in [0.29, 0.717) is 5.92 Å². The lowest BCUT2D eigenvalue weighted by atomic mass is 9.93. The molecule has 22 heavy (non-hydrogen) atoms. The molecular formula is C16H22N4O2. The first-order valence-corrected chi connectivity index (χ1v) is 7.66. The van der Waals surface area contributed by atoms with Crippen molar-refractivity contribution in [2.45, 2.75) is 25.6 Å². The van der Waals surface area contributed by atoms with Crippen molar-refractivity contribution in [2.24, 2.45) is 13.0 Å². The van der Waals surface area contributed by atoms with Crippen molar-refractivity contribution >= 4 is 5.82 Å². The summed E-state index contributed by atoms with van der Waals surface area (Å²) in [5.41, 5.74) is 0.817. The number of hydrogen-bond donors (Lipinski definition) is 2. The van der Waals surface area contributed by atoms with E-state index < -0.39 is 0 Å². The van der Waals surface area contributed by atoms with Crippen LogP contribution in [0.3, 0.4) is 0 Å². The molecule has 0 bridgehead atoms. The fourth-order valence-electron chi connectivity index (χ4n) is 2.85. The van der Waals surface area contributed by atoms with Gasteiger partial charge in [-0.3, -0.25) is 0 Å². The molecular weight excluding hydrogens is 280 g/mol. The van der Waals surface area contributed by atoms with E-state index in [-0.39, 0.29) is 12.7 Å². The largest absolute Gasteiger partial charge is 0.392 e. The van der Waals surface area contributed by atoms with Gasteiger partial charge in [-0.15, -0.1) is 0 Å². The smallest absolute Gasteiger partial charge is 0.138 e. The number of rotatable bonds is 5. The Bertz CT molecular complexity index is 596. The number of anilines is 1. The van der Waals surface area contributed by atoms with Gasteiger partial charge in [-0.2, -0.15) is 0 Å². The molecule has 0 aliphatic carbocycles. The molecule has 1 fully saturated rings. The average molecular weight is 302 g/mol. The number of hydrogen-bond acceptors (Lipinski definition) is 5. The molecule has 0 saturated carbocycles. The fraction of sp³-hybridized carbons (Fsp3) is 0.500. The van der Waals surface area contributed by atoms with Gasteiger partial charge in [-0.1, -0.05) is 6.07 Å². The predicted octanol–water partition coefficient (Wildman–Crippen LogP) is 1.89. The topological polar surface area (TPSA) is 72.2 Å². The van der Waals surface area contributed by atoms with Crippen molar-refractivity contribution in [1.29, 1.82) is 0 Å². The van der Waals surface area contributed by atoms with Crippen LogP contribution in [0.25, 0.3) is 0 Å². The second-order valence-corrected chi connectivity index (χ2v) is 5.68. The zero-order chi connectivity index (χ0) is 15.4. The predicted molar refractivity (Wildman–Crippen MR) is 83.3 cm³/mol. The van der Waals surface area contributed by atoms with E-state index in [1.165, 1.54) is 0 Å². The Kier molecular flexibility index (Phi) is 4.70. The molecule has 1 aliphatic heterocycles. The first-order valence-electron chi connectivity index (χ1n) is 7.66. The minimum Gasteiger partial charge on any atom is -0.392 e. The van der Waals surface area contributed by atoms with E-state index in [0.717, 1.165) is 43.2 Å². The minimum atomic E-state index is 0.0188. The maximum Gasteiger partial charge on any atom is 0.138 e. The normalized spacial score (nSPS) is 21.7. The Morgan fingerprint density at radius 1 is 1.41 bits per heavy atom. The van der Waals surface area contributed by atoms with Crippen LogP contribution in [0.4, 0.5) is 5.82 Å². The number of aliphatic hydroxyl groups is 1. The van der Waals surface area contributed by atoms with Gasteiger partial charge in [0.25, 0.3) is 0 Å². The molecule has 118 valence electrons. The maximum atomic E-state index is 9.04. The molecule has 6 nitrogen and oxygen atoms in total. The van der Waals surface area contributed by atoms with Crippen LogP contribution in [0.5, 0.6) is 0 Å². The highest BCUT2D eigenvalue weighted by molar-refractivity contribution is 5.35. The van der Waals surface area contributed by atoms with Crippen molar-refractivity contribution < 1.29 is 9.84 Å². The van der Waals surface area contributed by atoms with Crippen LogP contribution in [-0.4, -0.2) is 32.8 Å². The van der Waals surface area contributed by atoms with Gasteiger partial charge in [0, 0.05) is 44.7 Å². The highest BCUT2D eigenvalue weighted by Gasteiger charge is 2.30. The Hall–Kier alpha value is -1.92. The average Bonchev–Trinajstić information content (AvgIpc) is 2.99. The summed E-state index contributed by atoms with van der Waals surface area (Å²) in [6, 6.07) is 3.77. The second kappa shape index (κ2) is 6.89. The molecule has 1 saturated heterocycles. The number of ether oxygens (including phenoxy) is 1. The fourth-order valence-corrected chi connectivity index (χ4v) is 2.85. The lowest BCUT2D eigenvalue weighted by molar-refractivity contribution is -0.0305. The number of nitrogens with one attached hydrogen (secondary N) is 1. The van der Waals surface area contributed by atoms with Gasteiger partial charge >= 0.3 is 0 Å². The highest BCUT2D eigenvalue weighted by Crippen LogP contribution is 2.32. The van der Waals surface area contributed by atoms with Crippen molar-refractivity contribution in [1.82, 2.24) is 14.5 Å². The van der Waals surface area contributed by atoms with E-state index >= 15 is 0 Å². The molecule has 2 N–H and O–H groups in total. The summed E-state index contributed by atoms with van der Waals surface area (Å²) in [6.45, 7) is 1.60. The molecule has 2 atom stereocenters. The summed E-state index contributed by atoms with van der Waals surface area (Å²) in [5.74, 6) is 2.17. The molecule has 2 aromatic rings. The van der Waals surface area contributed by atoms with E-state index in [9.17, 15) is 0 Å². The Morgan fingerprint density at radius 2 is 2.32 bits per heavy atom.